The lowest BCUT2D eigenvalue weighted by Gasteiger charge is -2.19. The van der Waals surface area contributed by atoms with Crippen LogP contribution in [0.15, 0.2) is 29.2 Å². The smallest absolute Gasteiger partial charge is 0.242 e. The predicted molar refractivity (Wildman–Crippen MR) is 77.5 cm³/mol. The summed E-state index contributed by atoms with van der Waals surface area (Å²) in [6.45, 7) is 2.20. The van der Waals surface area contributed by atoms with Crippen molar-refractivity contribution < 1.29 is 18.3 Å². The maximum atomic E-state index is 12.8. The van der Waals surface area contributed by atoms with Crippen LogP contribution in [0.5, 0.6) is 0 Å². The van der Waals surface area contributed by atoms with E-state index in [1.54, 1.807) is 17.0 Å². The van der Waals surface area contributed by atoms with E-state index in [1.165, 1.54) is 12.1 Å². The SMILES string of the molecule is Cc1ccc(S(=O)(=O)[C@H]2C(=O)N3CCC[C@H]3[C@@H]2CO)cc1. The van der Waals surface area contributed by atoms with Crippen LogP contribution in [0.4, 0.5) is 0 Å². The van der Waals surface area contributed by atoms with E-state index in [9.17, 15) is 18.3 Å². The lowest BCUT2D eigenvalue weighted by Crippen LogP contribution is -2.36. The minimum Gasteiger partial charge on any atom is -0.396 e. The molecule has 114 valence electrons. The molecule has 3 atom stereocenters. The molecule has 1 aromatic rings. The number of fused-ring (bicyclic) bond motifs is 1. The van der Waals surface area contributed by atoms with Crippen molar-refractivity contribution in [2.75, 3.05) is 13.2 Å². The highest BCUT2D eigenvalue weighted by Gasteiger charge is 2.55. The summed E-state index contributed by atoms with van der Waals surface area (Å²) >= 11 is 0. The zero-order valence-electron chi connectivity index (χ0n) is 11.9. The molecule has 0 spiro atoms. The maximum Gasteiger partial charge on any atom is 0.242 e. The zero-order valence-corrected chi connectivity index (χ0v) is 12.7. The average Bonchev–Trinajstić information content (AvgIpc) is 3.01. The van der Waals surface area contributed by atoms with Gasteiger partial charge in [0.05, 0.1) is 4.90 Å². The molecule has 0 saturated carbocycles. The number of amides is 1. The van der Waals surface area contributed by atoms with Crippen molar-refractivity contribution in [1.29, 1.82) is 0 Å². The Morgan fingerprint density at radius 1 is 1.29 bits per heavy atom. The van der Waals surface area contributed by atoms with Gasteiger partial charge in [0.25, 0.3) is 0 Å². The van der Waals surface area contributed by atoms with Gasteiger partial charge in [0, 0.05) is 25.1 Å². The van der Waals surface area contributed by atoms with Crippen LogP contribution in [0.25, 0.3) is 0 Å². The van der Waals surface area contributed by atoms with Gasteiger partial charge in [0.2, 0.25) is 5.91 Å². The van der Waals surface area contributed by atoms with E-state index in [4.69, 9.17) is 0 Å². The second-order valence-corrected chi connectivity index (χ2v) is 7.94. The Hall–Kier alpha value is -1.40. The zero-order chi connectivity index (χ0) is 15.2. The van der Waals surface area contributed by atoms with Gasteiger partial charge in [-0.25, -0.2) is 8.42 Å². The van der Waals surface area contributed by atoms with Gasteiger partial charge in [0.1, 0.15) is 0 Å². The lowest BCUT2D eigenvalue weighted by atomic mass is 9.99. The van der Waals surface area contributed by atoms with Crippen LogP contribution in [0.3, 0.4) is 0 Å². The summed E-state index contributed by atoms with van der Waals surface area (Å²) in [6.07, 6.45) is 1.65. The van der Waals surface area contributed by atoms with Crippen molar-refractivity contribution >= 4 is 15.7 Å². The van der Waals surface area contributed by atoms with Crippen LogP contribution >= 0.6 is 0 Å². The van der Waals surface area contributed by atoms with Gasteiger partial charge in [-0.05, 0) is 31.9 Å². The third-order valence-corrected chi connectivity index (χ3v) is 6.75. The fourth-order valence-electron chi connectivity index (χ4n) is 3.51. The van der Waals surface area contributed by atoms with Crippen molar-refractivity contribution in [2.24, 2.45) is 5.92 Å². The van der Waals surface area contributed by atoms with E-state index in [0.717, 1.165) is 18.4 Å². The van der Waals surface area contributed by atoms with Crippen LogP contribution in [0, 0.1) is 12.8 Å². The summed E-state index contributed by atoms with van der Waals surface area (Å²) in [5.74, 6) is -0.872. The van der Waals surface area contributed by atoms with E-state index in [-0.39, 0.29) is 23.5 Å². The molecule has 6 heteroatoms. The Morgan fingerprint density at radius 3 is 2.57 bits per heavy atom. The minimum absolute atomic E-state index is 0.132. The van der Waals surface area contributed by atoms with Crippen LogP contribution < -0.4 is 0 Å². The first-order chi connectivity index (χ1) is 9.96. The maximum absolute atomic E-state index is 12.8. The highest BCUT2D eigenvalue weighted by Crippen LogP contribution is 2.39. The number of benzene rings is 1. The fourth-order valence-corrected chi connectivity index (χ4v) is 5.45. The molecule has 2 saturated heterocycles. The molecule has 5 nitrogen and oxygen atoms in total. The fraction of sp³-hybridized carbons (Fsp3) is 0.533. The molecule has 3 rings (SSSR count). The van der Waals surface area contributed by atoms with Crippen LogP contribution in [0.1, 0.15) is 18.4 Å². The molecule has 0 radical (unpaired) electrons. The van der Waals surface area contributed by atoms with Crippen LogP contribution in [0.2, 0.25) is 0 Å². The molecule has 0 bridgehead atoms. The van der Waals surface area contributed by atoms with Gasteiger partial charge < -0.3 is 10.0 Å². The Balaban J connectivity index is 2.01. The number of hydrogen-bond acceptors (Lipinski definition) is 4. The van der Waals surface area contributed by atoms with Gasteiger partial charge in [-0.2, -0.15) is 0 Å². The Kier molecular flexibility index (Phi) is 3.53. The summed E-state index contributed by atoms with van der Waals surface area (Å²) in [7, 11) is -3.76. The predicted octanol–water partition coefficient (Wildman–Crippen LogP) is 0.750. The first-order valence-corrected chi connectivity index (χ1v) is 8.73. The van der Waals surface area contributed by atoms with Crippen molar-refractivity contribution in [3.05, 3.63) is 29.8 Å². The van der Waals surface area contributed by atoms with E-state index >= 15 is 0 Å². The average molecular weight is 309 g/mol. The van der Waals surface area contributed by atoms with Gasteiger partial charge in [-0.15, -0.1) is 0 Å². The van der Waals surface area contributed by atoms with Gasteiger partial charge in [-0.1, -0.05) is 17.7 Å². The summed E-state index contributed by atoms with van der Waals surface area (Å²) in [6, 6.07) is 6.39. The molecule has 0 unspecified atom stereocenters. The number of rotatable bonds is 3. The number of aryl methyl sites for hydroxylation is 1. The number of aliphatic hydroxyl groups excluding tert-OH is 1. The normalized spacial score (nSPS) is 29.0. The van der Waals surface area contributed by atoms with Crippen molar-refractivity contribution in [3.8, 4) is 0 Å². The molecule has 0 aromatic heterocycles. The number of sulfone groups is 1. The molecular formula is C15H19NO4S. The Morgan fingerprint density at radius 2 is 1.95 bits per heavy atom. The molecule has 2 aliphatic heterocycles. The highest BCUT2D eigenvalue weighted by atomic mass is 32.2. The molecule has 1 aromatic carbocycles. The summed E-state index contributed by atoms with van der Waals surface area (Å²) in [5.41, 5.74) is 0.964. The third-order valence-electron chi connectivity index (χ3n) is 4.60. The second-order valence-electron chi connectivity index (χ2n) is 5.87. The lowest BCUT2D eigenvalue weighted by molar-refractivity contribution is -0.127. The molecule has 2 aliphatic rings. The molecule has 2 fully saturated rings. The molecule has 0 aliphatic carbocycles. The monoisotopic (exact) mass is 309 g/mol. The van der Waals surface area contributed by atoms with Crippen LogP contribution in [-0.4, -0.2) is 48.8 Å². The van der Waals surface area contributed by atoms with Crippen molar-refractivity contribution in [1.82, 2.24) is 4.90 Å². The molecule has 2 heterocycles. The summed E-state index contributed by atoms with van der Waals surface area (Å²) in [4.78, 5) is 14.3. The van der Waals surface area contributed by atoms with Gasteiger partial charge in [-0.3, -0.25) is 4.79 Å². The first-order valence-electron chi connectivity index (χ1n) is 7.18. The molecule has 21 heavy (non-hydrogen) atoms. The second kappa shape index (κ2) is 5.10. The molecule has 1 amide bonds. The third kappa shape index (κ3) is 2.17. The van der Waals surface area contributed by atoms with Gasteiger partial charge in [0.15, 0.2) is 15.1 Å². The largest absolute Gasteiger partial charge is 0.396 e. The highest BCUT2D eigenvalue weighted by molar-refractivity contribution is 7.92. The minimum atomic E-state index is -3.76. The van der Waals surface area contributed by atoms with Gasteiger partial charge >= 0.3 is 0 Å². The Labute approximate surface area is 124 Å². The quantitative estimate of drug-likeness (QED) is 0.894. The summed E-state index contributed by atoms with van der Waals surface area (Å²) < 4.78 is 25.6. The Bertz CT molecular complexity index is 653. The first kappa shape index (κ1) is 14.5. The standard InChI is InChI=1S/C15H19NO4S/c1-10-4-6-11(7-5-10)21(19,20)14-12(9-17)13-3-2-8-16(13)15(14)18/h4-7,12-14,17H,2-3,8-9H2,1H3/t12-,13-,14+/m0/s1. The van der Waals surface area contributed by atoms with E-state index in [1.807, 2.05) is 6.92 Å². The number of carbonyl (C=O) groups excluding carboxylic acids is 1. The number of aliphatic hydroxyl groups is 1. The van der Waals surface area contributed by atoms with Crippen molar-refractivity contribution in [3.63, 3.8) is 0 Å². The summed E-state index contributed by atoms with van der Waals surface area (Å²) in [5, 5.41) is 8.47. The van der Waals surface area contributed by atoms with E-state index in [2.05, 4.69) is 0 Å². The number of nitrogens with zero attached hydrogens (tertiary/aromatic N) is 1. The number of hydrogen-bond donors (Lipinski definition) is 1. The molecule has 1 N–H and O–H groups in total. The van der Waals surface area contributed by atoms with E-state index < -0.39 is 21.0 Å². The number of carbonyl (C=O) groups is 1. The van der Waals surface area contributed by atoms with E-state index in [0.29, 0.717) is 6.54 Å². The van der Waals surface area contributed by atoms with Crippen LogP contribution in [-0.2, 0) is 14.6 Å². The topological polar surface area (TPSA) is 74.7 Å². The van der Waals surface area contributed by atoms with Crippen molar-refractivity contribution in [2.45, 2.75) is 36.0 Å². The molecular weight excluding hydrogens is 290 g/mol.